The van der Waals surface area contributed by atoms with Crippen LogP contribution in [0.3, 0.4) is 0 Å². The van der Waals surface area contributed by atoms with Crippen LogP contribution >= 0.6 is 0 Å². The first-order valence-corrected chi connectivity index (χ1v) is 8.04. The molecule has 1 aliphatic rings. The van der Waals surface area contributed by atoms with Gasteiger partial charge in [0.1, 0.15) is 0 Å². The molecule has 0 saturated carbocycles. The Hall–Kier alpha value is -3.02. The first kappa shape index (κ1) is 16.8. The number of hydrogen-bond acceptors (Lipinski definition) is 4. The van der Waals surface area contributed by atoms with Crippen LogP contribution in [-0.4, -0.2) is 23.8 Å². The molecule has 6 heteroatoms. The number of carboxylic acids is 1. The van der Waals surface area contributed by atoms with E-state index in [0.29, 0.717) is 24.3 Å². The number of fused-ring (bicyclic) bond motifs is 1. The van der Waals surface area contributed by atoms with Gasteiger partial charge in [-0.25, -0.2) is 4.79 Å². The number of rotatable bonds is 6. The second-order valence-electron chi connectivity index (χ2n) is 5.90. The molecule has 0 aromatic heterocycles. The fourth-order valence-corrected chi connectivity index (χ4v) is 2.65. The zero-order valence-corrected chi connectivity index (χ0v) is 13.8. The number of nitrogens with one attached hydrogen (secondary N) is 1. The number of carbonyl (C=O) groups excluding carboxylic acids is 1. The van der Waals surface area contributed by atoms with Gasteiger partial charge in [-0.05, 0) is 48.7 Å². The largest absolute Gasteiger partial charge is 0.478 e. The standard InChI is InChI=1S/C19H19NO5/c1-12(15-7-8-16-17(10-15)25-11-24-16)20-18(21)9-4-13-2-5-14(6-3-13)19(22)23/h2-3,5-8,10,12H,4,9,11H2,1H3,(H,20,21)(H,22,23). The minimum atomic E-state index is -0.957. The van der Waals surface area contributed by atoms with Gasteiger partial charge in [0.05, 0.1) is 11.6 Å². The Morgan fingerprint density at radius 3 is 2.56 bits per heavy atom. The number of aryl methyl sites for hydroxylation is 1. The molecule has 0 saturated heterocycles. The molecular formula is C19H19NO5. The maximum atomic E-state index is 12.1. The third-order valence-electron chi connectivity index (χ3n) is 4.12. The predicted molar refractivity (Wildman–Crippen MR) is 90.8 cm³/mol. The van der Waals surface area contributed by atoms with Gasteiger partial charge in [-0.15, -0.1) is 0 Å². The van der Waals surface area contributed by atoms with Crippen molar-refractivity contribution in [2.45, 2.75) is 25.8 Å². The van der Waals surface area contributed by atoms with Crippen LogP contribution in [0.15, 0.2) is 42.5 Å². The Morgan fingerprint density at radius 1 is 1.12 bits per heavy atom. The normalized spacial score (nSPS) is 13.3. The van der Waals surface area contributed by atoms with Crippen molar-refractivity contribution in [3.63, 3.8) is 0 Å². The Labute approximate surface area is 145 Å². The van der Waals surface area contributed by atoms with Gasteiger partial charge in [-0.2, -0.15) is 0 Å². The zero-order valence-electron chi connectivity index (χ0n) is 13.8. The molecule has 2 N–H and O–H groups in total. The fourth-order valence-electron chi connectivity index (χ4n) is 2.65. The second kappa shape index (κ2) is 7.25. The molecule has 0 bridgehead atoms. The van der Waals surface area contributed by atoms with Gasteiger partial charge in [0.15, 0.2) is 11.5 Å². The van der Waals surface area contributed by atoms with Crippen molar-refractivity contribution in [3.05, 3.63) is 59.2 Å². The van der Waals surface area contributed by atoms with Crippen molar-refractivity contribution in [1.82, 2.24) is 5.32 Å². The fraction of sp³-hybridized carbons (Fsp3) is 0.263. The molecule has 1 atom stereocenters. The third kappa shape index (κ3) is 4.09. The summed E-state index contributed by atoms with van der Waals surface area (Å²) in [7, 11) is 0. The zero-order chi connectivity index (χ0) is 17.8. The van der Waals surface area contributed by atoms with Crippen molar-refractivity contribution in [2.24, 2.45) is 0 Å². The summed E-state index contributed by atoms with van der Waals surface area (Å²) in [6.07, 6.45) is 0.890. The van der Waals surface area contributed by atoms with Gasteiger partial charge in [0.25, 0.3) is 0 Å². The van der Waals surface area contributed by atoms with Gasteiger partial charge >= 0.3 is 5.97 Å². The van der Waals surface area contributed by atoms with Crippen molar-refractivity contribution in [1.29, 1.82) is 0 Å². The Morgan fingerprint density at radius 2 is 1.84 bits per heavy atom. The Bertz CT molecular complexity index is 785. The Balaban J connectivity index is 1.52. The lowest BCUT2D eigenvalue weighted by Gasteiger charge is -2.15. The van der Waals surface area contributed by atoms with E-state index < -0.39 is 5.97 Å². The van der Waals surface area contributed by atoms with Gasteiger partial charge in [-0.1, -0.05) is 18.2 Å². The average Bonchev–Trinajstić information content (AvgIpc) is 3.08. The van der Waals surface area contributed by atoms with Crippen LogP contribution < -0.4 is 14.8 Å². The van der Waals surface area contributed by atoms with E-state index in [0.717, 1.165) is 11.1 Å². The maximum absolute atomic E-state index is 12.1. The molecule has 130 valence electrons. The Kier molecular flexibility index (Phi) is 4.88. The van der Waals surface area contributed by atoms with Crippen molar-refractivity contribution in [3.8, 4) is 11.5 Å². The molecule has 2 aromatic rings. The lowest BCUT2D eigenvalue weighted by atomic mass is 10.1. The van der Waals surface area contributed by atoms with Crippen molar-refractivity contribution in [2.75, 3.05) is 6.79 Å². The van der Waals surface area contributed by atoms with Gasteiger partial charge in [0, 0.05) is 6.42 Å². The molecule has 25 heavy (non-hydrogen) atoms. The molecule has 0 fully saturated rings. The number of carbonyl (C=O) groups is 2. The van der Waals surface area contributed by atoms with Crippen LogP contribution in [-0.2, 0) is 11.2 Å². The minimum Gasteiger partial charge on any atom is -0.478 e. The summed E-state index contributed by atoms with van der Waals surface area (Å²) in [5.41, 5.74) is 2.11. The van der Waals surface area contributed by atoms with E-state index in [1.807, 2.05) is 25.1 Å². The maximum Gasteiger partial charge on any atom is 0.335 e. The molecule has 1 aliphatic heterocycles. The van der Waals surface area contributed by atoms with Gasteiger partial charge in [0.2, 0.25) is 12.7 Å². The van der Waals surface area contributed by atoms with Crippen molar-refractivity contribution < 1.29 is 24.2 Å². The van der Waals surface area contributed by atoms with E-state index in [9.17, 15) is 9.59 Å². The smallest absolute Gasteiger partial charge is 0.335 e. The molecule has 0 spiro atoms. The van der Waals surface area contributed by atoms with E-state index in [1.165, 1.54) is 0 Å². The molecular weight excluding hydrogens is 322 g/mol. The van der Waals surface area contributed by atoms with Crippen LogP contribution in [0.25, 0.3) is 0 Å². The molecule has 6 nitrogen and oxygen atoms in total. The predicted octanol–water partition coefficient (Wildman–Crippen LogP) is 2.92. The lowest BCUT2D eigenvalue weighted by Crippen LogP contribution is -2.26. The molecule has 2 aromatic carbocycles. The summed E-state index contributed by atoms with van der Waals surface area (Å²) in [5, 5.41) is 11.8. The molecule has 1 heterocycles. The number of amides is 1. The monoisotopic (exact) mass is 341 g/mol. The first-order chi connectivity index (χ1) is 12.0. The SMILES string of the molecule is CC(NC(=O)CCc1ccc(C(=O)O)cc1)c1ccc2c(c1)OCO2. The quantitative estimate of drug-likeness (QED) is 0.844. The number of ether oxygens (including phenoxy) is 2. The second-order valence-corrected chi connectivity index (χ2v) is 5.90. The number of aromatic carboxylic acids is 1. The molecule has 0 aliphatic carbocycles. The van der Waals surface area contributed by atoms with Crippen LogP contribution in [0, 0.1) is 0 Å². The van der Waals surface area contributed by atoms with E-state index in [4.69, 9.17) is 14.6 Å². The lowest BCUT2D eigenvalue weighted by molar-refractivity contribution is -0.121. The summed E-state index contributed by atoms with van der Waals surface area (Å²) in [4.78, 5) is 23.0. The topological polar surface area (TPSA) is 84.9 Å². The highest BCUT2D eigenvalue weighted by atomic mass is 16.7. The summed E-state index contributed by atoms with van der Waals surface area (Å²) >= 11 is 0. The molecule has 0 radical (unpaired) electrons. The minimum absolute atomic E-state index is 0.0625. The highest BCUT2D eigenvalue weighted by Crippen LogP contribution is 2.34. The molecule has 3 rings (SSSR count). The van der Waals surface area contributed by atoms with Crippen LogP contribution in [0.5, 0.6) is 11.5 Å². The van der Waals surface area contributed by atoms with E-state index in [-0.39, 0.29) is 24.3 Å². The molecule has 1 unspecified atom stereocenters. The highest BCUT2D eigenvalue weighted by Gasteiger charge is 2.16. The van der Waals surface area contributed by atoms with Crippen LogP contribution in [0.4, 0.5) is 0 Å². The van der Waals surface area contributed by atoms with Gasteiger partial charge in [-0.3, -0.25) is 4.79 Å². The van der Waals surface area contributed by atoms with E-state index in [1.54, 1.807) is 24.3 Å². The highest BCUT2D eigenvalue weighted by molar-refractivity contribution is 5.87. The number of benzene rings is 2. The first-order valence-electron chi connectivity index (χ1n) is 8.04. The van der Waals surface area contributed by atoms with Crippen LogP contribution in [0.1, 0.15) is 40.9 Å². The van der Waals surface area contributed by atoms with Crippen molar-refractivity contribution >= 4 is 11.9 Å². The summed E-state index contributed by atoms with van der Waals surface area (Å²) < 4.78 is 10.6. The average molecular weight is 341 g/mol. The number of hydrogen-bond donors (Lipinski definition) is 2. The van der Waals surface area contributed by atoms with Crippen LogP contribution in [0.2, 0.25) is 0 Å². The summed E-state index contributed by atoms with van der Waals surface area (Å²) in [6, 6.07) is 12.0. The van der Waals surface area contributed by atoms with Gasteiger partial charge < -0.3 is 19.9 Å². The summed E-state index contributed by atoms with van der Waals surface area (Å²) in [5.74, 6) is 0.388. The number of carboxylic acid groups (broad SMARTS) is 1. The summed E-state index contributed by atoms with van der Waals surface area (Å²) in [6.45, 7) is 2.14. The van der Waals surface area contributed by atoms with E-state index in [2.05, 4.69) is 5.32 Å². The third-order valence-corrected chi connectivity index (χ3v) is 4.12. The molecule has 1 amide bonds. The van der Waals surface area contributed by atoms with E-state index >= 15 is 0 Å².